The van der Waals surface area contributed by atoms with Crippen LogP contribution in [0.5, 0.6) is 0 Å². The molecule has 0 saturated heterocycles. The lowest BCUT2D eigenvalue weighted by Gasteiger charge is -2.12. The van der Waals surface area contributed by atoms with E-state index in [0.717, 1.165) is 45.9 Å². The molecule has 0 unspecified atom stereocenters. The smallest absolute Gasteiger partial charge is 0.273 e. The Morgan fingerprint density at radius 2 is 1.81 bits per heavy atom. The summed E-state index contributed by atoms with van der Waals surface area (Å²) in [5, 5.41) is 15.3. The highest BCUT2D eigenvalue weighted by atomic mass is 32.1. The number of fused-ring (bicyclic) bond motifs is 1. The molecule has 0 saturated carbocycles. The molecule has 5 aromatic rings. The zero-order valence-corrected chi connectivity index (χ0v) is 18.6. The zero-order valence-electron chi connectivity index (χ0n) is 17.7. The van der Waals surface area contributed by atoms with Crippen LogP contribution in [0.2, 0.25) is 0 Å². The minimum Gasteiger partial charge on any atom is -0.291 e. The molecule has 1 N–H and O–H groups in total. The number of aromatic nitrogens is 7. The van der Waals surface area contributed by atoms with Gasteiger partial charge in [0.05, 0.1) is 11.6 Å². The number of H-pyrrole nitrogens is 1. The molecule has 0 amide bonds. The van der Waals surface area contributed by atoms with Crippen molar-refractivity contribution in [3.05, 3.63) is 75.3 Å². The Morgan fingerprint density at radius 3 is 2.53 bits per heavy atom. The van der Waals surface area contributed by atoms with E-state index in [2.05, 4.69) is 49.6 Å². The van der Waals surface area contributed by atoms with E-state index in [9.17, 15) is 4.79 Å². The molecule has 3 heterocycles. The van der Waals surface area contributed by atoms with Crippen LogP contribution in [0, 0.1) is 6.92 Å². The van der Waals surface area contributed by atoms with Crippen molar-refractivity contribution in [2.45, 2.75) is 33.2 Å². The molecule has 0 spiro atoms. The Bertz CT molecular complexity index is 1440. The largest absolute Gasteiger partial charge is 0.291 e. The average molecular weight is 444 g/mol. The van der Waals surface area contributed by atoms with E-state index in [4.69, 9.17) is 0 Å². The number of thiazole rings is 1. The predicted octanol–water partition coefficient (Wildman–Crippen LogP) is 4.01. The van der Waals surface area contributed by atoms with Crippen LogP contribution in [-0.2, 0) is 13.0 Å². The van der Waals surface area contributed by atoms with Gasteiger partial charge in [-0.2, -0.15) is 5.21 Å². The fraction of sp³-hybridized carbons (Fsp3) is 0.217. The van der Waals surface area contributed by atoms with Gasteiger partial charge in [0, 0.05) is 12.0 Å². The van der Waals surface area contributed by atoms with Gasteiger partial charge in [-0.05, 0) is 35.2 Å². The molecule has 0 aliphatic carbocycles. The molecule has 0 aliphatic heterocycles. The standard InChI is InChI=1S/C23H21N7OS/c1-3-6-19-25-22-20(32-14(2)24-22)23(31)30(19)13-15-9-11-16(12-10-15)17-7-4-5-8-18(17)21-26-28-29-27-21/h4-5,7-12H,3,6,13H2,1-2H3,(H,26,27,28,29). The Kier molecular flexibility index (Phi) is 5.32. The molecule has 2 aromatic carbocycles. The third-order valence-corrected chi connectivity index (χ3v) is 6.24. The van der Waals surface area contributed by atoms with Crippen LogP contribution in [0.4, 0.5) is 0 Å². The van der Waals surface area contributed by atoms with Gasteiger partial charge in [-0.3, -0.25) is 9.36 Å². The number of tetrazole rings is 1. The van der Waals surface area contributed by atoms with E-state index in [1.807, 2.05) is 43.3 Å². The summed E-state index contributed by atoms with van der Waals surface area (Å²) in [6.45, 7) is 4.46. The fourth-order valence-corrected chi connectivity index (χ4v) is 4.62. The van der Waals surface area contributed by atoms with Crippen LogP contribution in [0.1, 0.15) is 29.7 Å². The van der Waals surface area contributed by atoms with Crippen molar-refractivity contribution in [1.82, 2.24) is 35.2 Å². The van der Waals surface area contributed by atoms with Crippen LogP contribution in [0.15, 0.2) is 53.3 Å². The Balaban J connectivity index is 1.50. The first kappa shape index (κ1) is 20.2. The summed E-state index contributed by atoms with van der Waals surface area (Å²) in [6, 6.07) is 16.2. The van der Waals surface area contributed by atoms with Crippen LogP contribution in [0.3, 0.4) is 0 Å². The van der Waals surface area contributed by atoms with E-state index >= 15 is 0 Å². The molecule has 0 atom stereocenters. The normalized spacial score (nSPS) is 11.3. The van der Waals surface area contributed by atoms with Crippen molar-refractivity contribution in [3.8, 4) is 22.5 Å². The van der Waals surface area contributed by atoms with Crippen molar-refractivity contribution >= 4 is 21.7 Å². The molecule has 0 radical (unpaired) electrons. The summed E-state index contributed by atoms with van der Waals surface area (Å²) in [5.41, 5.74) is 4.55. The number of hydrogen-bond donors (Lipinski definition) is 1. The highest BCUT2D eigenvalue weighted by Crippen LogP contribution is 2.29. The van der Waals surface area contributed by atoms with Gasteiger partial charge in [0.25, 0.3) is 5.56 Å². The van der Waals surface area contributed by atoms with Crippen molar-refractivity contribution in [3.63, 3.8) is 0 Å². The molecule has 32 heavy (non-hydrogen) atoms. The van der Waals surface area contributed by atoms with Gasteiger partial charge in [-0.25, -0.2) is 9.97 Å². The summed E-state index contributed by atoms with van der Waals surface area (Å²) in [7, 11) is 0. The van der Waals surface area contributed by atoms with E-state index in [1.54, 1.807) is 4.57 Å². The van der Waals surface area contributed by atoms with Crippen LogP contribution in [0.25, 0.3) is 32.9 Å². The maximum absolute atomic E-state index is 13.2. The highest BCUT2D eigenvalue weighted by molar-refractivity contribution is 7.18. The number of benzene rings is 2. The molecular formula is C23H21N7OS. The second kappa shape index (κ2) is 8.43. The van der Waals surface area contributed by atoms with Gasteiger partial charge in [-0.1, -0.05) is 55.5 Å². The van der Waals surface area contributed by atoms with Crippen molar-refractivity contribution in [1.29, 1.82) is 0 Å². The van der Waals surface area contributed by atoms with Gasteiger partial charge in [0.1, 0.15) is 10.5 Å². The lowest BCUT2D eigenvalue weighted by Crippen LogP contribution is -2.25. The number of aryl methyl sites for hydroxylation is 2. The number of nitrogens with one attached hydrogen (secondary N) is 1. The van der Waals surface area contributed by atoms with Gasteiger partial charge >= 0.3 is 0 Å². The summed E-state index contributed by atoms with van der Waals surface area (Å²) in [5.74, 6) is 1.33. The molecular weight excluding hydrogens is 422 g/mol. The molecule has 9 heteroatoms. The quantitative estimate of drug-likeness (QED) is 0.425. The van der Waals surface area contributed by atoms with Gasteiger partial charge in [-0.15, -0.1) is 21.5 Å². The summed E-state index contributed by atoms with van der Waals surface area (Å²) >= 11 is 1.40. The predicted molar refractivity (Wildman–Crippen MR) is 125 cm³/mol. The molecule has 0 aliphatic rings. The van der Waals surface area contributed by atoms with E-state index in [1.165, 1.54) is 11.3 Å². The summed E-state index contributed by atoms with van der Waals surface area (Å²) < 4.78 is 2.40. The van der Waals surface area contributed by atoms with Gasteiger partial charge in [0.15, 0.2) is 5.65 Å². The molecule has 8 nitrogen and oxygen atoms in total. The molecule has 160 valence electrons. The number of aromatic amines is 1. The van der Waals surface area contributed by atoms with Gasteiger partial charge in [0.2, 0.25) is 5.82 Å². The first-order chi connectivity index (χ1) is 15.6. The second-order valence-electron chi connectivity index (χ2n) is 7.53. The fourth-order valence-electron chi connectivity index (χ4n) is 3.81. The van der Waals surface area contributed by atoms with Crippen molar-refractivity contribution in [2.75, 3.05) is 0 Å². The Morgan fingerprint density at radius 1 is 1.03 bits per heavy atom. The lowest BCUT2D eigenvalue weighted by molar-refractivity contribution is 0.665. The lowest BCUT2D eigenvalue weighted by atomic mass is 9.98. The zero-order chi connectivity index (χ0) is 22.1. The minimum atomic E-state index is -0.0180. The second-order valence-corrected chi connectivity index (χ2v) is 8.74. The Hall–Kier alpha value is -3.72. The number of hydrogen-bond acceptors (Lipinski definition) is 7. The van der Waals surface area contributed by atoms with Crippen molar-refractivity contribution < 1.29 is 0 Å². The summed E-state index contributed by atoms with van der Waals surface area (Å²) in [4.78, 5) is 22.3. The topological polar surface area (TPSA) is 102 Å². The third kappa shape index (κ3) is 3.71. The monoisotopic (exact) mass is 443 g/mol. The average Bonchev–Trinajstić information content (AvgIpc) is 3.47. The number of rotatable bonds is 6. The molecule has 3 aromatic heterocycles. The third-order valence-electron chi connectivity index (χ3n) is 5.29. The molecule has 0 bridgehead atoms. The molecule has 5 rings (SSSR count). The Labute approximate surface area is 188 Å². The number of nitrogens with zero attached hydrogens (tertiary/aromatic N) is 6. The summed E-state index contributed by atoms with van der Waals surface area (Å²) in [6.07, 6.45) is 1.64. The van der Waals surface area contributed by atoms with E-state index in [0.29, 0.717) is 22.7 Å². The minimum absolute atomic E-state index is 0.0180. The van der Waals surface area contributed by atoms with Crippen LogP contribution in [-0.4, -0.2) is 35.2 Å². The molecule has 0 fully saturated rings. The van der Waals surface area contributed by atoms with Crippen LogP contribution < -0.4 is 5.56 Å². The first-order valence-corrected chi connectivity index (χ1v) is 11.2. The van der Waals surface area contributed by atoms with Gasteiger partial charge < -0.3 is 0 Å². The van der Waals surface area contributed by atoms with Crippen molar-refractivity contribution in [2.24, 2.45) is 0 Å². The maximum atomic E-state index is 13.2. The van der Waals surface area contributed by atoms with E-state index in [-0.39, 0.29) is 5.56 Å². The highest BCUT2D eigenvalue weighted by Gasteiger charge is 2.15. The maximum Gasteiger partial charge on any atom is 0.273 e. The van der Waals surface area contributed by atoms with E-state index < -0.39 is 0 Å². The first-order valence-electron chi connectivity index (χ1n) is 10.4. The van der Waals surface area contributed by atoms with Crippen LogP contribution >= 0.6 is 11.3 Å². The SMILES string of the molecule is CCCc1nc2nc(C)sc2c(=O)n1Cc1ccc(-c2ccccc2-c2nn[nH]n2)cc1.